The Hall–Kier alpha value is -2.18. The molecular formula is C22H31N3O2S. The quantitative estimate of drug-likeness (QED) is 0.583. The summed E-state index contributed by atoms with van der Waals surface area (Å²) in [6.45, 7) is 6.08. The first-order valence-corrected chi connectivity index (χ1v) is 10.6. The highest BCUT2D eigenvalue weighted by molar-refractivity contribution is 7.99. The third-order valence-corrected chi connectivity index (χ3v) is 5.09. The Labute approximate surface area is 172 Å². The molecule has 0 fully saturated rings. The largest absolute Gasteiger partial charge is 0.492 e. The fourth-order valence-electron chi connectivity index (χ4n) is 2.62. The van der Waals surface area contributed by atoms with Crippen LogP contribution >= 0.6 is 11.8 Å². The minimum absolute atomic E-state index is 0.0543. The van der Waals surface area contributed by atoms with E-state index in [0.717, 1.165) is 29.2 Å². The van der Waals surface area contributed by atoms with Crippen molar-refractivity contribution in [2.45, 2.75) is 31.3 Å². The number of benzene rings is 2. The summed E-state index contributed by atoms with van der Waals surface area (Å²) in [7, 11) is 4.03. The van der Waals surface area contributed by atoms with E-state index in [9.17, 15) is 4.79 Å². The van der Waals surface area contributed by atoms with Crippen LogP contribution in [0.5, 0.6) is 5.75 Å². The standard InChI is InChI=1S/C22H31N3O2S/c1-5-28-21-11-9-19(10-12-21)17(2)24-22(26)23-16-18-7-6-8-20(15-18)27-14-13-25(3)4/h6-12,15,17H,5,13-14,16H2,1-4H3,(H2,23,24,26). The number of likely N-dealkylation sites (N-methyl/N-ethyl adjacent to an activating group) is 1. The van der Waals surface area contributed by atoms with Crippen molar-refractivity contribution in [1.82, 2.24) is 15.5 Å². The normalized spacial score (nSPS) is 11.9. The molecule has 1 atom stereocenters. The Balaban J connectivity index is 1.80. The van der Waals surface area contributed by atoms with Crippen molar-refractivity contribution in [3.05, 3.63) is 59.7 Å². The van der Waals surface area contributed by atoms with Crippen molar-refractivity contribution in [2.75, 3.05) is 33.0 Å². The second kappa shape index (κ2) is 11.6. The van der Waals surface area contributed by atoms with Gasteiger partial charge in [0.2, 0.25) is 0 Å². The van der Waals surface area contributed by atoms with Gasteiger partial charge in [-0.3, -0.25) is 0 Å². The van der Waals surface area contributed by atoms with Gasteiger partial charge in [0.1, 0.15) is 12.4 Å². The number of carbonyl (C=O) groups is 1. The summed E-state index contributed by atoms with van der Waals surface area (Å²) >= 11 is 1.81. The van der Waals surface area contributed by atoms with E-state index < -0.39 is 0 Å². The smallest absolute Gasteiger partial charge is 0.315 e. The third kappa shape index (κ3) is 7.82. The summed E-state index contributed by atoms with van der Waals surface area (Å²) in [5.74, 6) is 1.87. The zero-order valence-electron chi connectivity index (χ0n) is 17.2. The minimum Gasteiger partial charge on any atom is -0.492 e. The molecule has 2 rings (SSSR count). The molecule has 2 aromatic carbocycles. The van der Waals surface area contributed by atoms with E-state index in [-0.39, 0.29) is 12.1 Å². The molecule has 2 aromatic rings. The van der Waals surface area contributed by atoms with E-state index in [1.165, 1.54) is 4.90 Å². The van der Waals surface area contributed by atoms with Gasteiger partial charge in [-0.25, -0.2) is 4.79 Å². The van der Waals surface area contributed by atoms with Gasteiger partial charge in [-0.2, -0.15) is 0 Å². The Morgan fingerprint density at radius 3 is 2.61 bits per heavy atom. The predicted molar refractivity (Wildman–Crippen MR) is 117 cm³/mol. The molecular weight excluding hydrogens is 370 g/mol. The molecule has 0 radical (unpaired) electrons. The van der Waals surface area contributed by atoms with Crippen LogP contribution in [0.1, 0.15) is 31.0 Å². The van der Waals surface area contributed by atoms with Crippen LogP contribution in [-0.2, 0) is 6.54 Å². The number of carbonyl (C=O) groups excluding carboxylic acids is 1. The highest BCUT2D eigenvalue weighted by Gasteiger charge is 2.09. The second-order valence-corrected chi connectivity index (χ2v) is 8.19. The number of hydrogen-bond donors (Lipinski definition) is 2. The van der Waals surface area contributed by atoms with Crippen molar-refractivity contribution in [1.29, 1.82) is 0 Å². The van der Waals surface area contributed by atoms with Gasteiger partial charge >= 0.3 is 6.03 Å². The van der Waals surface area contributed by atoms with Crippen LogP contribution in [-0.4, -0.2) is 43.9 Å². The Bertz CT molecular complexity index is 735. The molecule has 28 heavy (non-hydrogen) atoms. The van der Waals surface area contributed by atoms with Gasteiger partial charge in [0.05, 0.1) is 6.04 Å². The molecule has 6 heteroatoms. The number of rotatable bonds is 10. The average Bonchev–Trinajstić information content (AvgIpc) is 2.67. The molecule has 0 spiro atoms. The maximum Gasteiger partial charge on any atom is 0.315 e. The monoisotopic (exact) mass is 401 g/mol. The Morgan fingerprint density at radius 2 is 1.93 bits per heavy atom. The van der Waals surface area contributed by atoms with E-state index in [1.807, 2.05) is 57.0 Å². The highest BCUT2D eigenvalue weighted by Crippen LogP contribution is 2.20. The molecule has 0 aromatic heterocycles. The van der Waals surface area contributed by atoms with E-state index in [4.69, 9.17) is 4.74 Å². The van der Waals surface area contributed by atoms with Gasteiger partial charge in [0.25, 0.3) is 0 Å². The van der Waals surface area contributed by atoms with Gasteiger partial charge in [0, 0.05) is 18.0 Å². The number of hydrogen-bond acceptors (Lipinski definition) is 4. The van der Waals surface area contributed by atoms with Crippen molar-refractivity contribution in [3.8, 4) is 5.75 Å². The molecule has 0 aliphatic heterocycles. The second-order valence-electron chi connectivity index (χ2n) is 6.85. The number of urea groups is 1. The van der Waals surface area contributed by atoms with Crippen LogP contribution < -0.4 is 15.4 Å². The van der Waals surface area contributed by atoms with Crippen LogP contribution in [0, 0.1) is 0 Å². The van der Waals surface area contributed by atoms with Gasteiger partial charge < -0.3 is 20.3 Å². The SMILES string of the molecule is CCSc1ccc(C(C)NC(=O)NCc2cccc(OCCN(C)C)c2)cc1. The number of thioether (sulfide) groups is 1. The summed E-state index contributed by atoms with van der Waals surface area (Å²) in [6, 6.07) is 15.9. The number of amides is 2. The first kappa shape index (κ1) is 22.1. The fourth-order valence-corrected chi connectivity index (χ4v) is 3.29. The highest BCUT2D eigenvalue weighted by atomic mass is 32.2. The van der Waals surface area contributed by atoms with Crippen molar-refractivity contribution in [2.24, 2.45) is 0 Å². The van der Waals surface area contributed by atoms with Gasteiger partial charge in [-0.05, 0) is 62.2 Å². The lowest BCUT2D eigenvalue weighted by Gasteiger charge is -2.16. The van der Waals surface area contributed by atoms with E-state index in [2.05, 4.69) is 46.7 Å². The predicted octanol–water partition coefficient (Wildman–Crippen LogP) is 4.30. The topological polar surface area (TPSA) is 53.6 Å². The summed E-state index contributed by atoms with van der Waals surface area (Å²) in [4.78, 5) is 15.6. The van der Waals surface area contributed by atoms with E-state index >= 15 is 0 Å². The first-order valence-electron chi connectivity index (χ1n) is 9.61. The number of nitrogens with zero attached hydrogens (tertiary/aromatic N) is 1. The minimum atomic E-state index is -0.182. The Kier molecular flexibility index (Phi) is 9.17. The van der Waals surface area contributed by atoms with Crippen LogP contribution in [0.25, 0.3) is 0 Å². The zero-order chi connectivity index (χ0) is 20.4. The number of nitrogens with one attached hydrogen (secondary N) is 2. The molecule has 0 aliphatic rings. The van der Waals surface area contributed by atoms with Crippen LogP contribution in [0.4, 0.5) is 4.79 Å². The molecule has 0 saturated heterocycles. The fraction of sp³-hybridized carbons (Fsp3) is 0.409. The molecule has 2 amide bonds. The summed E-state index contributed by atoms with van der Waals surface area (Å²) in [5.41, 5.74) is 2.10. The average molecular weight is 402 g/mol. The number of ether oxygens (including phenoxy) is 1. The summed E-state index contributed by atoms with van der Waals surface area (Å²) in [6.07, 6.45) is 0. The zero-order valence-corrected chi connectivity index (χ0v) is 18.0. The molecule has 2 N–H and O–H groups in total. The lowest BCUT2D eigenvalue weighted by atomic mass is 10.1. The van der Waals surface area contributed by atoms with Crippen LogP contribution in [0.3, 0.4) is 0 Å². The molecule has 0 heterocycles. The van der Waals surface area contributed by atoms with E-state index in [0.29, 0.717) is 13.2 Å². The maximum absolute atomic E-state index is 12.2. The Morgan fingerprint density at radius 1 is 1.18 bits per heavy atom. The summed E-state index contributed by atoms with van der Waals surface area (Å²) < 4.78 is 5.74. The molecule has 5 nitrogen and oxygen atoms in total. The first-order chi connectivity index (χ1) is 13.5. The van der Waals surface area contributed by atoms with Gasteiger partial charge in [0.15, 0.2) is 0 Å². The van der Waals surface area contributed by atoms with E-state index in [1.54, 1.807) is 0 Å². The molecule has 0 aliphatic carbocycles. The maximum atomic E-state index is 12.2. The molecule has 1 unspecified atom stereocenters. The molecule has 0 bridgehead atoms. The summed E-state index contributed by atoms with van der Waals surface area (Å²) in [5, 5.41) is 5.90. The van der Waals surface area contributed by atoms with Crippen molar-refractivity contribution >= 4 is 17.8 Å². The van der Waals surface area contributed by atoms with Gasteiger partial charge in [-0.1, -0.05) is 31.2 Å². The lowest BCUT2D eigenvalue weighted by molar-refractivity contribution is 0.237. The van der Waals surface area contributed by atoms with Crippen LogP contribution in [0.15, 0.2) is 53.4 Å². The van der Waals surface area contributed by atoms with Crippen molar-refractivity contribution < 1.29 is 9.53 Å². The van der Waals surface area contributed by atoms with Crippen LogP contribution in [0.2, 0.25) is 0 Å². The third-order valence-electron chi connectivity index (χ3n) is 4.20. The molecule has 0 saturated carbocycles. The lowest BCUT2D eigenvalue weighted by Crippen LogP contribution is -2.36. The molecule has 152 valence electrons. The van der Waals surface area contributed by atoms with Gasteiger partial charge in [-0.15, -0.1) is 11.8 Å². The van der Waals surface area contributed by atoms with Crippen molar-refractivity contribution in [3.63, 3.8) is 0 Å².